The number of pyridine rings is 1. The molecule has 0 unspecified atom stereocenters. The van der Waals surface area contributed by atoms with Gasteiger partial charge >= 0.3 is 0 Å². The maximum absolute atomic E-state index is 12.2. The normalized spacial score (nSPS) is 11.1. The summed E-state index contributed by atoms with van der Waals surface area (Å²) in [5, 5.41) is 23.2. The summed E-state index contributed by atoms with van der Waals surface area (Å²) in [6.45, 7) is 4.49. The van der Waals surface area contributed by atoms with Crippen LogP contribution in [0.15, 0.2) is 47.3 Å². The van der Waals surface area contributed by atoms with E-state index in [1.54, 1.807) is 0 Å². The molecule has 0 fully saturated rings. The number of nitrogens with one attached hydrogen (secondary N) is 2. The highest BCUT2D eigenvalue weighted by molar-refractivity contribution is 5.80. The van der Waals surface area contributed by atoms with Crippen LogP contribution in [-0.2, 0) is 6.54 Å². The predicted molar refractivity (Wildman–Crippen MR) is 95.8 cm³/mol. The zero-order chi connectivity index (χ0) is 17.3. The van der Waals surface area contributed by atoms with Crippen molar-refractivity contribution in [2.24, 2.45) is 0 Å². The van der Waals surface area contributed by atoms with Crippen LogP contribution >= 0.6 is 0 Å². The van der Waals surface area contributed by atoms with Gasteiger partial charge in [0.05, 0.1) is 5.69 Å². The average molecular weight is 324 g/mol. The minimum Gasteiger partial charge on any atom is -0.508 e. The fraction of sp³-hybridized carbons (Fsp3) is 0.211. The van der Waals surface area contributed by atoms with Crippen LogP contribution in [0.4, 0.5) is 5.69 Å². The van der Waals surface area contributed by atoms with Gasteiger partial charge < -0.3 is 20.5 Å². The molecule has 3 rings (SSSR count). The Labute approximate surface area is 139 Å². The summed E-state index contributed by atoms with van der Waals surface area (Å²) >= 11 is 0. The van der Waals surface area contributed by atoms with Gasteiger partial charge in [-0.15, -0.1) is 0 Å². The number of aromatic amines is 1. The van der Waals surface area contributed by atoms with Crippen LogP contribution in [0.1, 0.15) is 30.9 Å². The quantitative estimate of drug-likeness (QED) is 0.436. The largest absolute Gasteiger partial charge is 0.508 e. The first-order chi connectivity index (χ1) is 11.4. The molecule has 5 nitrogen and oxygen atoms in total. The second-order valence-corrected chi connectivity index (χ2v) is 6.18. The lowest BCUT2D eigenvalue weighted by Gasteiger charge is -2.10. The molecular weight excluding hydrogens is 304 g/mol. The lowest BCUT2D eigenvalue weighted by molar-refractivity contribution is 0.462. The number of benzene rings is 2. The molecule has 24 heavy (non-hydrogen) atoms. The molecule has 5 heteroatoms. The highest BCUT2D eigenvalue weighted by Crippen LogP contribution is 2.27. The molecule has 124 valence electrons. The Bertz CT molecular complexity index is 945. The lowest BCUT2D eigenvalue weighted by Crippen LogP contribution is -2.15. The highest BCUT2D eigenvalue weighted by Gasteiger charge is 2.07. The molecule has 0 aliphatic rings. The van der Waals surface area contributed by atoms with Crippen LogP contribution in [-0.4, -0.2) is 15.2 Å². The maximum atomic E-state index is 12.2. The second-order valence-electron chi connectivity index (χ2n) is 6.18. The molecule has 0 saturated carbocycles. The molecule has 1 heterocycles. The van der Waals surface area contributed by atoms with Crippen molar-refractivity contribution in [3.63, 3.8) is 0 Å². The van der Waals surface area contributed by atoms with Gasteiger partial charge in [0.2, 0.25) is 0 Å². The molecule has 0 amide bonds. The summed E-state index contributed by atoms with van der Waals surface area (Å²) in [7, 11) is 0. The van der Waals surface area contributed by atoms with Crippen molar-refractivity contribution in [2.45, 2.75) is 26.3 Å². The van der Waals surface area contributed by atoms with Gasteiger partial charge in [-0.2, -0.15) is 0 Å². The van der Waals surface area contributed by atoms with E-state index in [2.05, 4.69) is 30.2 Å². The van der Waals surface area contributed by atoms with Gasteiger partial charge in [-0.1, -0.05) is 19.9 Å². The summed E-state index contributed by atoms with van der Waals surface area (Å²) in [5.74, 6) is 0.476. The van der Waals surface area contributed by atoms with E-state index in [0.29, 0.717) is 17.2 Å². The van der Waals surface area contributed by atoms with Crippen LogP contribution in [0, 0.1) is 0 Å². The van der Waals surface area contributed by atoms with Crippen LogP contribution in [0.25, 0.3) is 10.9 Å². The smallest absolute Gasteiger partial charge is 0.253 e. The first-order valence-corrected chi connectivity index (χ1v) is 7.86. The van der Waals surface area contributed by atoms with Gasteiger partial charge in [-0.25, -0.2) is 0 Å². The number of rotatable bonds is 4. The minimum atomic E-state index is -0.174. The van der Waals surface area contributed by atoms with E-state index in [4.69, 9.17) is 0 Å². The number of aromatic nitrogens is 1. The van der Waals surface area contributed by atoms with E-state index in [9.17, 15) is 15.0 Å². The Balaban J connectivity index is 1.92. The van der Waals surface area contributed by atoms with Gasteiger partial charge in [-0.3, -0.25) is 4.79 Å². The third-order valence-electron chi connectivity index (χ3n) is 4.06. The van der Waals surface area contributed by atoms with Crippen molar-refractivity contribution in [1.82, 2.24) is 4.98 Å². The van der Waals surface area contributed by atoms with Gasteiger partial charge in [0.1, 0.15) is 11.5 Å². The molecule has 0 aliphatic heterocycles. The van der Waals surface area contributed by atoms with Gasteiger partial charge in [0.15, 0.2) is 0 Å². The predicted octanol–water partition coefficient (Wildman–Crippen LogP) is 3.67. The summed E-state index contributed by atoms with van der Waals surface area (Å²) in [5.41, 5.74) is 2.77. The first-order valence-electron chi connectivity index (χ1n) is 7.86. The summed E-state index contributed by atoms with van der Waals surface area (Å²) in [6, 6.07) is 12.1. The minimum absolute atomic E-state index is 0.0205. The topological polar surface area (TPSA) is 85.4 Å². The van der Waals surface area contributed by atoms with Crippen LogP contribution in [0.5, 0.6) is 11.5 Å². The van der Waals surface area contributed by atoms with Crippen molar-refractivity contribution < 1.29 is 10.2 Å². The fourth-order valence-electron chi connectivity index (χ4n) is 2.62. The van der Waals surface area contributed by atoms with Crippen molar-refractivity contribution in [2.75, 3.05) is 5.32 Å². The van der Waals surface area contributed by atoms with Gasteiger partial charge in [-0.05, 0) is 47.2 Å². The Morgan fingerprint density at radius 1 is 1.08 bits per heavy atom. The second kappa shape index (κ2) is 6.28. The molecule has 1 aromatic heterocycles. The highest BCUT2D eigenvalue weighted by atomic mass is 16.3. The van der Waals surface area contributed by atoms with Crippen molar-refractivity contribution in [3.8, 4) is 11.5 Å². The zero-order valence-electron chi connectivity index (χ0n) is 13.6. The van der Waals surface area contributed by atoms with Crippen LogP contribution in [0.3, 0.4) is 0 Å². The first kappa shape index (κ1) is 15.9. The van der Waals surface area contributed by atoms with Gasteiger partial charge in [0.25, 0.3) is 5.56 Å². The van der Waals surface area contributed by atoms with E-state index in [1.165, 1.54) is 23.8 Å². The Morgan fingerprint density at radius 2 is 1.88 bits per heavy atom. The standard InChI is InChI=1S/C19H20N2O3/c1-11(2)12-3-5-16-13(7-12)8-14(19(24)21-16)10-20-17-9-15(22)4-6-18(17)23/h3-9,11,20,22-23H,10H2,1-2H3,(H,21,24). The molecule has 0 spiro atoms. The summed E-state index contributed by atoms with van der Waals surface area (Å²) in [6.07, 6.45) is 0. The van der Waals surface area contributed by atoms with E-state index in [1.807, 2.05) is 18.2 Å². The maximum Gasteiger partial charge on any atom is 0.253 e. The SMILES string of the molecule is CC(C)c1ccc2[nH]c(=O)c(CNc3cc(O)ccc3O)cc2c1. The number of aromatic hydroxyl groups is 2. The molecule has 0 bridgehead atoms. The summed E-state index contributed by atoms with van der Waals surface area (Å²) < 4.78 is 0. The van der Waals surface area contributed by atoms with Crippen LogP contribution in [0.2, 0.25) is 0 Å². The molecule has 2 aromatic carbocycles. The Morgan fingerprint density at radius 3 is 2.62 bits per heavy atom. The zero-order valence-corrected chi connectivity index (χ0v) is 13.6. The Hall–Kier alpha value is -2.95. The number of fused-ring (bicyclic) bond motifs is 1. The number of hydrogen-bond acceptors (Lipinski definition) is 4. The van der Waals surface area contributed by atoms with Crippen molar-refractivity contribution >= 4 is 16.6 Å². The monoisotopic (exact) mass is 324 g/mol. The molecule has 4 N–H and O–H groups in total. The van der Waals surface area contributed by atoms with E-state index in [-0.39, 0.29) is 23.6 Å². The molecule has 3 aromatic rings. The lowest BCUT2D eigenvalue weighted by atomic mass is 10.0. The number of hydrogen-bond donors (Lipinski definition) is 4. The molecule has 0 saturated heterocycles. The number of phenols is 2. The Kier molecular flexibility index (Phi) is 4.16. The third-order valence-corrected chi connectivity index (χ3v) is 4.06. The fourth-order valence-corrected chi connectivity index (χ4v) is 2.62. The van der Waals surface area contributed by atoms with Crippen molar-refractivity contribution in [3.05, 3.63) is 63.9 Å². The molecule has 0 atom stereocenters. The van der Waals surface area contributed by atoms with E-state index >= 15 is 0 Å². The number of H-pyrrole nitrogens is 1. The van der Waals surface area contributed by atoms with Crippen LogP contribution < -0.4 is 10.9 Å². The summed E-state index contributed by atoms with van der Waals surface area (Å²) in [4.78, 5) is 15.1. The molecule has 0 radical (unpaired) electrons. The number of anilines is 1. The number of phenolic OH excluding ortho intramolecular Hbond substituents is 2. The van der Waals surface area contributed by atoms with E-state index < -0.39 is 0 Å². The molecular formula is C19H20N2O3. The van der Waals surface area contributed by atoms with Crippen molar-refractivity contribution in [1.29, 1.82) is 0 Å². The average Bonchev–Trinajstić information content (AvgIpc) is 2.55. The third kappa shape index (κ3) is 3.20. The molecule has 0 aliphatic carbocycles. The van der Waals surface area contributed by atoms with E-state index in [0.717, 1.165) is 10.9 Å². The van der Waals surface area contributed by atoms with Gasteiger partial charge in [0, 0.05) is 23.7 Å².